The summed E-state index contributed by atoms with van der Waals surface area (Å²) in [4.78, 5) is 15.6. The highest BCUT2D eigenvalue weighted by Gasteiger charge is 2.25. The van der Waals surface area contributed by atoms with E-state index in [-0.39, 0.29) is 17.5 Å². The first-order chi connectivity index (χ1) is 12.5. The molecular weight excluding hydrogens is 338 g/mol. The average molecular weight is 361 g/mol. The first kappa shape index (κ1) is 18.3. The van der Waals surface area contributed by atoms with Gasteiger partial charge in [-0.25, -0.2) is 8.78 Å². The van der Waals surface area contributed by atoms with E-state index in [2.05, 4.69) is 0 Å². The van der Waals surface area contributed by atoms with Gasteiger partial charge in [0.25, 0.3) is 5.91 Å². The normalized spacial score (nSPS) is 15.2. The number of piperazine rings is 1. The zero-order chi connectivity index (χ0) is 18.7. The van der Waals surface area contributed by atoms with E-state index in [9.17, 15) is 13.6 Å². The number of nitrogens with one attached hydrogen (secondary N) is 1. The summed E-state index contributed by atoms with van der Waals surface area (Å²) in [6.45, 7) is 4.98. The molecule has 0 bridgehead atoms. The van der Waals surface area contributed by atoms with Crippen LogP contribution in [0, 0.1) is 18.6 Å². The van der Waals surface area contributed by atoms with Crippen molar-refractivity contribution in [3.05, 3.63) is 64.7 Å². The highest BCUT2D eigenvalue weighted by Crippen LogP contribution is 2.18. The summed E-state index contributed by atoms with van der Waals surface area (Å²) < 4.78 is 32.5. The minimum Gasteiger partial charge on any atom is -0.496 e. The lowest BCUT2D eigenvalue weighted by Gasteiger charge is -2.32. The average Bonchev–Trinajstić information content (AvgIpc) is 2.64. The first-order valence-corrected chi connectivity index (χ1v) is 8.69. The predicted octanol–water partition coefficient (Wildman–Crippen LogP) is 1.82. The van der Waals surface area contributed by atoms with Gasteiger partial charge in [-0.1, -0.05) is 6.07 Å². The monoisotopic (exact) mass is 361 g/mol. The van der Waals surface area contributed by atoms with Gasteiger partial charge in [0.2, 0.25) is 0 Å². The van der Waals surface area contributed by atoms with Crippen LogP contribution in [0.25, 0.3) is 0 Å². The fourth-order valence-corrected chi connectivity index (χ4v) is 3.27. The number of hydrogen-bond donors (Lipinski definition) is 1. The number of quaternary nitrogens is 1. The predicted molar refractivity (Wildman–Crippen MR) is 94.4 cm³/mol. The summed E-state index contributed by atoms with van der Waals surface area (Å²) in [5, 5.41) is 0. The van der Waals surface area contributed by atoms with Crippen LogP contribution in [0.3, 0.4) is 0 Å². The summed E-state index contributed by atoms with van der Waals surface area (Å²) in [6.07, 6.45) is 0. The molecule has 0 radical (unpaired) electrons. The Bertz CT molecular complexity index is 802. The lowest BCUT2D eigenvalue weighted by molar-refractivity contribution is -0.917. The Morgan fingerprint density at radius 3 is 2.54 bits per heavy atom. The van der Waals surface area contributed by atoms with Crippen molar-refractivity contribution in [2.75, 3.05) is 33.3 Å². The number of hydrogen-bond acceptors (Lipinski definition) is 2. The van der Waals surface area contributed by atoms with Gasteiger partial charge in [-0.15, -0.1) is 0 Å². The van der Waals surface area contributed by atoms with Gasteiger partial charge in [-0.3, -0.25) is 4.79 Å². The Balaban J connectivity index is 1.61. The molecule has 0 aromatic heterocycles. The summed E-state index contributed by atoms with van der Waals surface area (Å²) in [5.41, 5.74) is 1.73. The number of aryl methyl sites for hydroxylation is 1. The van der Waals surface area contributed by atoms with E-state index in [0.717, 1.165) is 18.7 Å². The molecule has 0 atom stereocenters. The van der Waals surface area contributed by atoms with Crippen molar-refractivity contribution in [2.45, 2.75) is 13.5 Å². The smallest absolute Gasteiger partial charge is 0.254 e. The maximum atomic E-state index is 13.7. The van der Waals surface area contributed by atoms with Crippen LogP contribution in [0.4, 0.5) is 8.78 Å². The van der Waals surface area contributed by atoms with Crippen LogP contribution in [0.2, 0.25) is 0 Å². The highest BCUT2D eigenvalue weighted by atomic mass is 19.1. The Morgan fingerprint density at radius 2 is 1.88 bits per heavy atom. The van der Waals surface area contributed by atoms with Gasteiger partial charge in [0.1, 0.15) is 23.9 Å². The Hall–Kier alpha value is -2.47. The summed E-state index contributed by atoms with van der Waals surface area (Å²) in [5.74, 6) is -0.118. The second-order valence-electron chi connectivity index (χ2n) is 6.64. The molecule has 1 aliphatic heterocycles. The molecule has 0 unspecified atom stereocenters. The van der Waals surface area contributed by atoms with Crippen LogP contribution >= 0.6 is 0 Å². The van der Waals surface area contributed by atoms with Crippen LogP contribution < -0.4 is 9.64 Å². The number of methoxy groups -OCH3 is 1. The van der Waals surface area contributed by atoms with Crippen molar-refractivity contribution in [1.29, 1.82) is 0 Å². The van der Waals surface area contributed by atoms with Crippen molar-refractivity contribution in [3.63, 3.8) is 0 Å². The zero-order valence-corrected chi connectivity index (χ0v) is 15.0. The molecule has 1 N–H and O–H groups in total. The molecule has 2 aromatic rings. The van der Waals surface area contributed by atoms with Gasteiger partial charge in [-0.05, 0) is 42.8 Å². The van der Waals surface area contributed by atoms with E-state index in [0.29, 0.717) is 36.5 Å². The molecule has 0 aliphatic carbocycles. The topological polar surface area (TPSA) is 34.0 Å². The second-order valence-corrected chi connectivity index (χ2v) is 6.64. The molecule has 1 aliphatic rings. The van der Waals surface area contributed by atoms with Crippen LogP contribution in [0.5, 0.6) is 5.75 Å². The summed E-state index contributed by atoms with van der Waals surface area (Å²) in [7, 11) is 1.57. The molecular formula is C20H23F2N2O2+. The van der Waals surface area contributed by atoms with E-state index in [4.69, 9.17) is 4.74 Å². The maximum Gasteiger partial charge on any atom is 0.254 e. The van der Waals surface area contributed by atoms with Crippen LogP contribution in [0.1, 0.15) is 21.5 Å². The van der Waals surface area contributed by atoms with E-state index < -0.39 is 0 Å². The van der Waals surface area contributed by atoms with Gasteiger partial charge in [0.15, 0.2) is 0 Å². The van der Waals surface area contributed by atoms with E-state index in [1.165, 1.54) is 23.1 Å². The summed E-state index contributed by atoms with van der Waals surface area (Å²) in [6, 6.07) is 9.11. The van der Waals surface area contributed by atoms with Crippen molar-refractivity contribution in [3.8, 4) is 5.75 Å². The molecule has 1 heterocycles. The number of rotatable bonds is 4. The Labute approximate surface area is 152 Å². The van der Waals surface area contributed by atoms with Crippen molar-refractivity contribution in [2.24, 2.45) is 0 Å². The summed E-state index contributed by atoms with van der Waals surface area (Å²) >= 11 is 0. The van der Waals surface area contributed by atoms with Crippen molar-refractivity contribution in [1.82, 2.24) is 4.90 Å². The Kier molecular flexibility index (Phi) is 5.52. The van der Waals surface area contributed by atoms with Crippen LogP contribution in [0.15, 0.2) is 36.4 Å². The van der Waals surface area contributed by atoms with Gasteiger partial charge < -0.3 is 14.5 Å². The van der Waals surface area contributed by atoms with E-state index in [1.807, 2.05) is 0 Å². The van der Waals surface area contributed by atoms with Crippen LogP contribution in [-0.4, -0.2) is 44.1 Å². The molecule has 0 saturated carbocycles. The number of benzene rings is 2. The van der Waals surface area contributed by atoms with Crippen molar-refractivity contribution < 1.29 is 23.2 Å². The third-order valence-electron chi connectivity index (χ3n) is 4.86. The zero-order valence-electron chi connectivity index (χ0n) is 15.0. The van der Waals surface area contributed by atoms with Gasteiger partial charge in [0, 0.05) is 5.56 Å². The number of carbonyl (C=O) groups is 1. The van der Waals surface area contributed by atoms with Gasteiger partial charge >= 0.3 is 0 Å². The van der Waals surface area contributed by atoms with Crippen LogP contribution in [-0.2, 0) is 6.54 Å². The number of nitrogens with zero attached hydrogens (tertiary/aromatic N) is 1. The first-order valence-electron chi connectivity index (χ1n) is 8.69. The lowest BCUT2D eigenvalue weighted by atomic mass is 10.1. The molecule has 138 valence electrons. The van der Waals surface area contributed by atoms with Crippen molar-refractivity contribution >= 4 is 5.91 Å². The maximum absolute atomic E-state index is 13.7. The molecule has 1 saturated heterocycles. The largest absolute Gasteiger partial charge is 0.496 e. The quantitative estimate of drug-likeness (QED) is 0.902. The number of carbonyl (C=O) groups excluding carboxylic acids is 1. The number of ether oxygens (including phenoxy) is 1. The molecule has 2 aromatic carbocycles. The Morgan fingerprint density at radius 1 is 1.15 bits per heavy atom. The minimum absolute atomic E-state index is 0.147. The molecule has 1 amide bonds. The SMILES string of the molecule is COc1ccc(F)cc1C[NH+]1CCN(C(=O)c2ccc(C)c(F)c2)CC1. The fourth-order valence-electron chi connectivity index (χ4n) is 3.27. The second kappa shape index (κ2) is 7.83. The third-order valence-corrected chi connectivity index (χ3v) is 4.86. The standard InChI is InChI=1S/C20H22F2N2O2/c1-14-3-4-15(12-18(14)22)20(25)24-9-7-23(8-10-24)13-16-11-17(21)5-6-19(16)26-2/h3-6,11-12H,7-10,13H2,1-2H3/p+1. The third kappa shape index (κ3) is 4.02. The van der Waals surface area contributed by atoms with E-state index in [1.54, 1.807) is 37.1 Å². The molecule has 26 heavy (non-hydrogen) atoms. The molecule has 3 rings (SSSR count). The number of amides is 1. The lowest BCUT2D eigenvalue weighted by Crippen LogP contribution is -3.13. The van der Waals surface area contributed by atoms with Gasteiger partial charge in [0.05, 0.1) is 38.9 Å². The number of halogens is 2. The van der Waals surface area contributed by atoms with Gasteiger partial charge in [-0.2, -0.15) is 0 Å². The molecule has 0 spiro atoms. The van der Waals surface area contributed by atoms with E-state index >= 15 is 0 Å². The molecule has 4 nitrogen and oxygen atoms in total. The fraction of sp³-hybridized carbons (Fsp3) is 0.350. The minimum atomic E-state index is -0.363. The molecule has 6 heteroatoms. The molecule has 1 fully saturated rings. The highest BCUT2D eigenvalue weighted by molar-refractivity contribution is 5.94.